The number of rotatable bonds is 5. The lowest BCUT2D eigenvalue weighted by Crippen LogP contribution is -2.45. The van der Waals surface area contributed by atoms with Crippen molar-refractivity contribution in [1.82, 2.24) is 10.6 Å². The molecule has 1 atom stereocenters. The number of halogens is 1. The van der Waals surface area contributed by atoms with E-state index < -0.39 is 6.09 Å². The molecule has 0 aliphatic rings. The van der Waals surface area contributed by atoms with Crippen LogP contribution in [0.2, 0.25) is 5.02 Å². The first kappa shape index (κ1) is 14.5. The van der Waals surface area contributed by atoms with E-state index >= 15 is 0 Å². The molecule has 5 N–H and O–H groups in total. The third-order valence-corrected chi connectivity index (χ3v) is 2.64. The monoisotopic (exact) mass is 287 g/mol. The number of thiocarbonyl (C=S) groups is 1. The van der Waals surface area contributed by atoms with Gasteiger partial charge in [-0.15, -0.1) is 0 Å². The van der Waals surface area contributed by atoms with E-state index in [1.54, 1.807) is 12.1 Å². The molecule has 1 unspecified atom stereocenters. The van der Waals surface area contributed by atoms with Gasteiger partial charge in [-0.3, -0.25) is 0 Å². The van der Waals surface area contributed by atoms with Gasteiger partial charge in [0.2, 0.25) is 0 Å². The van der Waals surface area contributed by atoms with Crippen molar-refractivity contribution in [3.63, 3.8) is 0 Å². The SMILES string of the molecule is NC(=S)NCC(Cc1ccc(Cl)cc1)NC(=O)O. The average molecular weight is 288 g/mol. The molecule has 1 amide bonds. The first-order valence-corrected chi connectivity index (χ1v) is 6.03. The van der Waals surface area contributed by atoms with Crippen molar-refractivity contribution in [1.29, 1.82) is 0 Å². The number of hydrogen-bond donors (Lipinski definition) is 4. The molecule has 0 saturated heterocycles. The Hall–Kier alpha value is -1.53. The van der Waals surface area contributed by atoms with Gasteiger partial charge < -0.3 is 21.5 Å². The summed E-state index contributed by atoms with van der Waals surface area (Å²) in [6, 6.07) is 6.90. The minimum atomic E-state index is -1.08. The molecule has 0 saturated carbocycles. The van der Waals surface area contributed by atoms with Crippen LogP contribution in [0.15, 0.2) is 24.3 Å². The lowest BCUT2D eigenvalue weighted by atomic mass is 10.1. The fourth-order valence-electron chi connectivity index (χ4n) is 1.48. The zero-order valence-electron chi connectivity index (χ0n) is 9.52. The molecule has 0 bridgehead atoms. The quantitative estimate of drug-likeness (QED) is 0.614. The van der Waals surface area contributed by atoms with E-state index in [0.717, 1.165) is 5.56 Å². The van der Waals surface area contributed by atoms with Crippen LogP contribution < -0.4 is 16.4 Å². The predicted molar refractivity (Wildman–Crippen MR) is 74.9 cm³/mol. The summed E-state index contributed by atoms with van der Waals surface area (Å²) in [5.74, 6) is 0. The van der Waals surface area contributed by atoms with Gasteiger partial charge in [0.15, 0.2) is 5.11 Å². The topological polar surface area (TPSA) is 87.4 Å². The molecular formula is C11H14ClN3O2S. The second-order valence-corrected chi connectivity index (χ2v) is 4.60. The molecule has 0 heterocycles. The molecule has 1 aromatic carbocycles. The number of amides is 1. The Kier molecular flexibility index (Phi) is 5.67. The van der Waals surface area contributed by atoms with Gasteiger partial charge in [-0.25, -0.2) is 4.79 Å². The van der Waals surface area contributed by atoms with Crippen molar-refractivity contribution in [2.75, 3.05) is 6.54 Å². The van der Waals surface area contributed by atoms with Crippen LogP contribution in [0.3, 0.4) is 0 Å². The van der Waals surface area contributed by atoms with Crippen molar-refractivity contribution in [3.05, 3.63) is 34.9 Å². The molecule has 1 rings (SSSR count). The highest BCUT2D eigenvalue weighted by molar-refractivity contribution is 7.80. The van der Waals surface area contributed by atoms with Gasteiger partial charge in [0.25, 0.3) is 0 Å². The molecule has 1 aromatic rings. The standard InChI is InChI=1S/C11H14ClN3O2S/c12-8-3-1-7(2-4-8)5-9(15-11(16)17)6-14-10(13)18/h1-4,9,15H,5-6H2,(H,16,17)(H3,13,14,18). The summed E-state index contributed by atoms with van der Waals surface area (Å²) in [5, 5.41) is 14.7. The Bertz CT molecular complexity index is 425. The van der Waals surface area contributed by atoms with E-state index in [0.29, 0.717) is 18.0 Å². The summed E-state index contributed by atoms with van der Waals surface area (Å²) < 4.78 is 0. The molecule has 5 nitrogen and oxygen atoms in total. The second-order valence-electron chi connectivity index (χ2n) is 3.72. The summed E-state index contributed by atoms with van der Waals surface area (Å²) >= 11 is 10.5. The molecule has 0 aliphatic carbocycles. The van der Waals surface area contributed by atoms with Crippen LogP contribution in [0.1, 0.15) is 5.56 Å². The van der Waals surface area contributed by atoms with Crippen LogP contribution in [0, 0.1) is 0 Å². The summed E-state index contributed by atoms with van der Waals surface area (Å²) in [5.41, 5.74) is 6.29. The Morgan fingerprint density at radius 3 is 2.56 bits per heavy atom. The summed E-state index contributed by atoms with van der Waals surface area (Å²) in [7, 11) is 0. The zero-order chi connectivity index (χ0) is 13.5. The first-order valence-electron chi connectivity index (χ1n) is 5.24. The van der Waals surface area contributed by atoms with Crippen molar-refractivity contribution in [2.45, 2.75) is 12.5 Å². The molecule has 0 aliphatic heterocycles. The highest BCUT2D eigenvalue weighted by atomic mass is 35.5. The maximum absolute atomic E-state index is 10.7. The molecule has 98 valence electrons. The van der Waals surface area contributed by atoms with E-state index in [4.69, 9.17) is 22.4 Å². The Morgan fingerprint density at radius 1 is 1.44 bits per heavy atom. The van der Waals surface area contributed by atoms with Crippen LogP contribution in [0.5, 0.6) is 0 Å². The van der Waals surface area contributed by atoms with Crippen LogP contribution >= 0.6 is 23.8 Å². The molecular weight excluding hydrogens is 274 g/mol. The van der Waals surface area contributed by atoms with E-state index in [1.165, 1.54) is 0 Å². The smallest absolute Gasteiger partial charge is 0.404 e. The third kappa shape index (κ3) is 5.70. The summed E-state index contributed by atoms with van der Waals surface area (Å²) in [4.78, 5) is 10.7. The van der Waals surface area contributed by atoms with Gasteiger partial charge >= 0.3 is 6.09 Å². The molecule has 18 heavy (non-hydrogen) atoms. The van der Waals surface area contributed by atoms with Crippen LogP contribution in [-0.2, 0) is 6.42 Å². The minimum absolute atomic E-state index is 0.142. The highest BCUT2D eigenvalue weighted by Gasteiger charge is 2.12. The van der Waals surface area contributed by atoms with Crippen LogP contribution in [0.25, 0.3) is 0 Å². The summed E-state index contributed by atoms with van der Waals surface area (Å²) in [6.45, 7) is 0.338. The van der Waals surface area contributed by atoms with Crippen LogP contribution in [0.4, 0.5) is 4.79 Å². The molecule has 0 aromatic heterocycles. The molecule has 0 fully saturated rings. The van der Waals surface area contributed by atoms with Gasteiger partial charge in [-0.1, -0.05) is 23.7 Å². The zero-order valence-corrected chi connectivity index (χ0v) is 11.1. The Labute approximate surface area is 115 Å². The van der Waals surface area contributed by atoms with Crippen molar-refractivity contribution >= 4 is 35.0 Å². The number of carbonyl (C=O) groups is 1. The van der Waals surface area contributed by atoms with E-state index in [9.17, 15) is 4.79 Å². The van der Waals surface area contributed by atoms with E-state index in [-0.39, 0.29) is 11.2 Å². The number of nitrogens with two attached hydrogens (primary N) is 1. The van der Waals surface area contributed by atoms with Gasteiger partial charge in [0.1, 0.15) is 0 Å². The fourth-order valence-corrected chi connectivity index (χ4v) is 1.69. The minimum Gasteiger partial charge on any atom is -0.465 e. The largest absolute Gasteiger partial charge is 0.465 e. The second kappa shape index (κ2) is 7.03. The predicted octanol–water partition coefficient (Wildman–Crippen LogP) is 1.35. The molecule has 0 spiro atoms. The van der Waals surface area contributed by atoms with Gasteiger partial charge in [0, 0.05) is 11.6 Å². The number of benzene rings is 1. The van der Waals surface area contributed by atoms with Gasteiger partial charge in [0.05, 0.1) is 6.04 Å². The first-order chi connectivity index (χ1) is 8.47. The number of carboxylic acid groups (broad SMARTS) is 1. The van der Waals surface area contributed by atoms with Crippen molar-refractivity contribution < 1.29 is 9.90 Å². The van der Waals surface area contributed by atoms with Gasteiger partial charge in [-0.2, -0.15) is 0 Å². The highest BCUT2D eigenvalue weighted by Crippen LogP contribution is 2.11. The van der Waals surface area contributed by atoms with E-state index in [2.05, 4.69) is 22.9 Å². The van der Waals surface area contributed by atoms with Gasteiger partial charge in [-0.05, 0) is 36.3 Å². The Morgan fingerprint density at radius 2 is 2.06 bits per heavy atom. The van der Waals surface area contributed by atoms with Crippen molar-refractivity contribution in [3.8, 4) is 0 Å². The number of nitrogens with one attached hydrogen (secondary N) is 2. The average Bonchev–Trinajstić information content (AvgIpc) is 2.28. The summed E-state index contributed by atoms with van der Waals surface area (Å²) in [6.07, 6.45) is -0.558. The Balaban J connectivity index is 2.61. The number of hydrogen-bond acceptors (Lipinski definition) is 2. The van der Waals surface area contributed by atoms with Crippen molar-refractivity contribution in [2.24, 2.45) is 5.73 Å². The maximum Gasteiger partial charge on any atom is 0.404 e. The van der Waals surface area contributed by atoms with Crippen LogP contribution in [-0.4, -0.2) is 28.9 Å². The molecule has 7 heteroatoms. The third-order valence-electron chi connectivity index (χ3n) is 2.25. The fraction of sp³-hybridized carbons (Fsp3) is 0.273. The normalized spacial score (nSPS) is 11.6. The molecule has 0 radical (unpaired) electrons. The lowest BCUT2D eigenvalue weighted by Gasteiger charge is -2.17. The maximum atomic E-state index is 10.7. The van der Waals surface area contributed by atoms with E-state index in [1.807, 2.05) is 12.1 Å². The lowest BCUT2D eigenvalue weighted by molar-refractivity contribution is 0.189.